The lowest BCUT2D eigenvalue weighted by Crippen LogP contribution is -2.53. The number of hydrogen-bond acceptors (Lipinski definition) is 1. The van der Waals surface area contributed by atoms with E-state index in [1.165, 1.54) is 69.8 Å². The van der Waals surface area contributed by atoms with E-state index in [-0.39, 0.29) is 6.10 Å². The highest BCUT2D eigenvalue weighted by molar-refractivity contribution is 5.09. The highest BCUT2D eigenvalue weighted by atomic mass is 16.3. The highest BCUT2D eigenvalue weighted by Crippen LogP contribution is 2.67. The lowest BCUT2D eigenvalue weighted by Gasteiger charge is -2.60. The Morgan fingerprint density at radius 3 is 2.48 bits per heavy atom. The minimum atomic E-state index is -0.0891. The third kappa shape index (κ3) is 3.34. The monoisotopic (exact) mass is 372 g/mol. The van der Waals surface area contributed by atoms with Crippen molar-refractivity contribution < 1.29 is 5.11 Å². The lowest BCUT2D eigenvalue weighted by atomic mass is 9.44. The van der Waals surface area contributed by atoms with Gasteiger partial charge in [0.1, 0.15) is 0 Å². The molecule has 8 atom stereocenters. The van der Waals surface area contributed by atoms with E-state index in [0.29, 0.717) is 16.7 Å². The fraction of sp³-hybridized carbons (Fsp3) is 0.923. The molecule has 4 rings (SSSR count). The summed E-state index contributed by atoms with van der Waals surface area (Å²) >= 11 is 0. The summed E-state index contributed by atoms with van der Waals surface area (Å²) in [6, 6.07) is 0. The molecule has 0 aliphatic heterocycles. The van der Waals surface area contributed by atoms with Crippen molar-refractivity contribution >= 4 is 0 Å². The first-order valence-electron chi connectivity index (χ1n) is 12.2. The van der Waals surface area contributed by atoms with Crippen molar-refractivity contribution in [2.24, 2.45) is 40.4 Å². The van der Waals surface area contributed by atoms with Gasteiger partial charge in [-0.15, -0.1) is 0 Å². The van der Waals surface area contributed by atoms with Crippen LogP contribution >= 0.6 is 0 Å². The number of hydrogen-bond donors (Lipinski definition) is 1. The summed E-state index contributed by atoms with van der Waals surface area (Å²) in [7, 11) is 0. The molecule has 0 spiro atoms. The zero-order valence-electron chi connectivity index (χ0n) is 18.5. The summed E-state index contributed by atoms with van der Waals surface area (Å²) in [4.78, 5) is 0. The Morgan fingerprint density at radius 2 is 1.70 bits per heavy atom. The summed E-state index contributed by atoms with van der Waals surface area (Å²) in [6.45, 7) is 9.59. The maximum atomic E-state index is 11.1. The third-order valence-corrected chi connectivity index (χ3v) is 10.1. The van der Waals surface area contributed by atoms with E-state index in [1.54, 1.807) is 0 Å². The molecular formula is C26H44O. The van der Waals surface area contributed by atoms with Crippen LogP contribution in [-0.4, -0.2) is 11.2 Å². The second kappa shape index (κ2) is 7.51. The topological polar surface area (TPSA) is 20.2 Å². The SMILES string of the molecule is CC(C)=CCC[C@@H](O)[C@H]1CC[C@H]2[C@@H]3CC[C@H]4CCCC[C@]4(C)[C@H]3CC[C@]12C. The van der Waals surface area contributed by atoms with Crippen molar-refractivity contribution in [2.45, 2.75) is 111 Å². The van der Waals surface area contributed by atoms with Crippen LogP contribution in [0.2, 0.25) is 0 Å². The van der Waals surface area contributed by atoms with Gasteiger partial charge in [-0.25, -0.2) is 0 Å². The molecule has 0 heterocycles. The summed E-state index contributed by atoms with van der Waals surface area (Å²) < 4.78 is 0. The van der Waals surface area contributed by atoms with Crippen LogP contribution in [0.25, 0.3) is 0 Å². The number of fused-ring (bicyclic) bond motifs is 5. The predicted molar refractivity (Wildman–Crippen MR) is 115 cm³/mol. The van der Waals surface area contributed by atoms with Crippen LogP contribution in [0.1, 0.15) is 105 Å². The zero-order chi connectivity index (χ0) is 19.2. The van der Waals surface area contributed by atoms with Gasteiger partial charge in [0.15, 0.2) is 0 Å². The van der Waals surface area contributed by atoms with Gasteiger partial charge in [-0.1, -0.05) is 38.3 Å². The molecule has 0 saturated heterocycles. The van der Waals surface area contributed by atoms with Crippen LogP contribution in [0.15, 0.2) is 11.6 Å². The Hall–Kier alpha value is -0.300. The Labute approximate surface area is 168 Å². The molecule has 154 valence electrons. The number of aliphatic hydroxyl groups excluding tert-OH is 1. The summed E-state index contributed by atoms with van der Waals surface area (Å²) in [5.41, 5.74) is 2.43. The van der Waals surface area contributed by atoms with Crippen LogP contribution < -0.4 is 0 Å². The van der Waals surface area contributed by atoms with E-state index in [1.807, 2.05) is 0 Å². The van der Waals surface area contributed by atoms with Gasteiger partial charge < -0.3 is 5.11 Å². The minimum absolute atomic E-state index is 0.0891. The fourth-order valence-electron chi connectivity index (χ4n) is 8.71. The molecule has 0 radical (unpaired) electrons. The van der Waals surface area contributed by atoms with Crippen LogP contribution in [0.4, 0.5) is 0 Å². The molecule has 0 aromatic carbocycles. The molecule has 1 N–H and O–H groups in total. The molecule has 0 aromatic rings. The second-order valence-corrected chi connectivity index (χ2v) is 11.6. The van der Waals surface area contributed by atoms with Gasteiger partial charge in [-0.2, -0.15) is 0 Å². The van der Waals surface area contributed by atoms with Crippen LogP contribution in [0.3, 0.4) is 0 Å². The Kier molecular flexibility index (Phi) is 5.56. The predicted octanol–water partition coefficient (Wildman–Crippen LogP) is 7.14. The number of rotatable bonds is 4. The maximum absolute atomic E-state index is 11.1. The van der Waals surface area contributed by atoms with Gasteiger partial charge in [0.2, 0.25) is 0 Å². The van der Waals surface area contributed by atoms with E-state index < -0.39 is 0 Å². The molecule has 0 bridgehead atoms. The molecule has 4 fully saturated rings. The maximum Gasteiger partial charge on any atom is 0.0576 e. The smallest absolute Gasteiger partial charge is 0.0576 e. The van der Waals surface area contributed by atoms with Crippen molar-refractivity contribution in [2.75, 3.05) is 0 Å². The average Bonchev–Trinajstić information content (AvgIpc) is 2.98. The molecule has 4 aliphatic carbocycles. The second-order valence-electron chi connectivity index (χ2n) is 11.6. The van der Waals surface area contributed by atoms with Gasteiger partial charge in [0.25, 0.3) is 0 Å². The van der Waals surface area contributed by atoms with E-state index in [9.17, 15) is 5.11 Å². The summed E-state index contributed by atoms with van der Waals surface area (Å²) in [5.74, 6) is 4.39. The number of allylic oxidation sites excluding steroid dienone is 2. The molecule has 27 heavy (non-hydrogen) atoms. The average molecular weight is 373 g/mol. The first kappa shape index (κ1) is 20.0. The zero-order valence-corrected chi connectivity index (χ0v) is 18.5. The Balaban J connectivity index is 1.49. The van der Waals surface area contributed by atoms with Crippen LogP contribution in [0.5, 0.6) is 0 Å². The van der Waals surface area contributed by atoms with Crippen LogP contribution in [-0.2, 0) is 0 Å². The molecule has 1 heteroatoms. The van der Waals surface area contributed by atoms with Crippen molar-refractivity contribution in [1.29, 1.82) is 0 Å². The minimum Gasteiger partial charge on any atom is -0.393 e. The quantitative estimate of drug-likeness (QED) is 0.520. The van der Waals surface area contributed by atoms with Crippen molar-refractivity contribution in [3.63, 3.8) is 0 Å². The van der Waals surface area contributed by atoms with Crippen molar-refractivity contribution in [3.05, 3.63) is 11.6 Å². The van der Waals surface area contributed by atoms with Crippen LogP contribution in [0, 0.1) is 40.4 Å². The van der Waals surface area contributed by atoms with Gasteiger partial charge in [0.05, 0.1) is 6.10 Å². The Morgan fingerprint density at radius 1 is 0.926 bits per heavy atom. The molecule has 0 unspecified atom stereocenters. The van der Waals surface area contributed by atoms with E-state index >= 15 is 0 Å². The normalized spacial score (nSPS) is 47.5. The summed E-state index contributed by atoms with van der Waals surface area (Å²) in [5, 5.41) is 11.1. The third-order valence-electron chi connectivity index (χ3n) is 10.1. The van der Waals surface area contributed by atoms with Crippen molar-refractivity contribution in [3.8, 4) is 0 Å². The lowest BCUT2D eigenvalue weighted by molar-refractivity contribution is -0.120. The first-order chi connectivity index (χ1) is 12.9. The molecule has 0 aromatic heterocycles. The van der Waals surface area contributed by atoms with E-state index in [4.69, 9.17) is 0 Å². The summed E-state index contributed by atoms with van der Waals surface area (Å²) in [6.07, 6.45) is 18.7. The van der Waals surface area contributed by atoms with Gasteiger partial charge in [-0.3, -0.25) is 0 Å². The van der Waals surface area contributed by atoms with Gasteiger partial charge >= 0.3 is 0 Å². The largest absolute Gasteiger partial charge is 0.393 e. The Bertz CT molecular complexity index is 561. The highest BCUT2D eigenvalue weighted by Gasteiger charge is 2.60. The molecule has 0 amide bonds. The standard InChI is InChI=1S/C26H44O/c1-18(2)8-7-10-24(27)23-14-13-21-20-12-11-19-9-5-6-16-25(19,3)22(20)15-17-26(21,23)4/h8,19-24,27H,5-7,9-17H2,1-4H3/t19-,20+,21+,22+,23-,24-,25+,26+/m1/s1. The number of aliphatic hydroxyl groups is 1. The van der Waals surface area contributed by atoms with Gasteiger partial charge in [-0.05, 0) is 118 Å². The van der Waals surface area contributed by atoms with E-state index in [2.05, 4.69) is 33.8 Å². The molecular weight excluding hydrogens is 328 g/mol. The fourth-order valence-corrected chi connectivity index (χ4v) is 8.71. The molecule has 4 aliphatic rings. The molecule has 1 nitrogen and oxygen atoms in total. The first-order valence-corrected chi connectivity index (χ1v) is 12.2. The van der Waals surface area contributed by atoms with Gasteiger partial charge in [0, 0.05) is 0 Å². The molecule has 4 saturated carbocycles. The van der Waals surface area contributed by atoms with Crippen molar-refractivity contribution in [1.82, 2.24) is 0 Å². The van der Waals surface area contributed by atoms with E-state index in [0.717, 1.165) is 36.5 Å².